The molecule has 0 saturated carbocycles. The molecule has 1 aromatic carbocycles. The predicted molar refractivity (Wildman–Crippen MR) is 119 cm³/mol. The average molecular weight is 507 g/mol. The Labute approximate surface area is 179 Å². The highest BCUT2D eigenvalue weighted by Gasteiger charge is 2.29. The lowest BCUT2D eigenvalue weighted by molar-refractivity contribution is 0.222. The fourth-order valence-corrected chi connectivity index (χ4v) is 5.15. The maximum Gasteiger partial charge on any atom is 0.243 e. The van der Waals surface area contributed by atoms with Crippen molar-refractivity contribution >= 4 is 40.0 Å². The van der Waals surface area contributed by atoms with Crippen molar-refractivity contribution < 1.29 is 8.42 Å². The van der Waals surface area contributed by atoms with Gasteiger partial charge in [0.25, 0.3) is 0 Å². The van der Waals surface area contributed by atoms with Crippen LogP contribution < -0.4 is 5.32 Å². The van der Waals surface area contributed by atoms with Crippen LogP contribution in [-0.2, 0) is 16.6 Å². The minimum Gasteiger partial charge on any atom is -0.352 e. The van der Waals surface area contributed by atoms with Gasteiger partial charge in [-0.25, -0.2) is 8.42 Å². The highest BCUT2D eigenvalue weighted by Crippen LogP contribution is 2.21. The summed E-state index contributed by atoms with van der Waals surface area (Å²) in [6.45, 7) is 5.06. The fraction of sp³-hybridized carbons (Fsp3) is 0.611. The van der Waals surface area contributed by atoms with Crippen LogP contribution in [0, 0.1) is 0 Å². The Morgan fingerprint density at radius 1 is 1.07 bits per heavy atom. The lowest BCUT2D eigenvalue weighted by Gasteiger charge is -2.32. The standard InChI is InChI=1S/C18H29N5O2S.HI/c1-19-18(22-9-5-6-10-22)20-15-16-7-3-4-8-17(16)26(24,25)23-13-11-21(2)12-14-23;/h3-4,7-8H,5-6,9-15H2,1-2H3,(H,19,20);1H. The number of nitrogens with one attached hydrogen (secondary N) is 1. The molecule has 0 unspecified atom stereocenters. The van der Waals surface area contributed by atoms with Crippen molar-refractivity contribution in [1.29, 1.82) is 0 Å². The maximum atomic E-state index is 13.1. The second-order valence-corrected chi connectivity index (χ2v) is 8.82. The van der Waals surface area contributed by atoms with E-state index in [1.165, 1.54) is 12.8 Å². The van der Waals surface area contributed by atoms with Crippen molar-refractivity contribution in [2.75, 3.05) is 53.4 Å². The van der Waals surface area contributed by atoms with E-state index < -0.39 is 10.0 Å². The van der Waals surface area contributed by atoms with Crippen molar-refractivity contribution in [2.24, 2.45) is 4.99 Å². The van der Waals surface area contributed by atoms with E-state index in [1.54, 1.807) is 23.5 Å². The van der Waals surface area contributed by atoms with E-state index in [0.29, 0.717) is 24.5 Å². The third kappa shape index (κ3) is 5.33. The van der Waals surface area contributed by atoms with Crippen molar-refractivity contribution in [3.63, 3.8) is 0 Å². The first-order valence-electron chi connectivity index (χ1n) is 9.24. The zero-order valence-electron chi connectivity index (χ0n) is 16.1. The van der Waals surface area contributed by atoms with Gasteiger partial charge in [-0.15, -0.1) is 24.0 Å². The van der Waals surface area contributed by atoms with Gasteiger partial charge < -0.3 is 15.1 Å². The van der Waals surface area contributed by atoms with E-state index in [0.717, 1.165) is 37.7 Å². The van der Waals surface area contributed by atoms with E-state index in [2.05, 4.69) is 20.1 Å². The summed E-state index contributed by atoms with van der Waals surface area (Å²) >= 11 is 0. The average Bonchev–Trinajstić information content (AvgIpc) is 3.17. The van der Waals surface area contributed by atoms with Crippen molar-refractivity contribution in [3.8, 4) is 0 Å². The lowest BCUT2D eigenvalue weighted by Crippen LogP contribution is -2.47. The van der Waals surface area contributed by atoms with Gasteiger partial charge in [0, 0.05) is 52.9 Å². The minimum absolute atomic E-state index is 0. The number of halogens is 1. The molecule has 152 valence electrons. The highest BCUT2D eigenvalue weighted by molar-refractivity contribution is 14.0. The molecule has 0 amide bonds. The molecule has 2 aliphatic rings. The summed E-state index contributed by atoms with van der Waals surface area (Å²) < 4.78 is 27.8. The minimum atomic E-state index is -3.48. The number of piperazine rings is 1. The van der Waals surface area contributed by atoms with Gasteiger partial charge in [0.15, 0.2) is 5.96 Å². The Hall–Kier alpha value is -0.910. The van der Waals surface area contributed by atoms with Gasteiger partial charge in [0.2, 0.25) is 10.0 Å². The highest BCUT2D eigenvalue weighted by atomic mass is 127. The molecule has 0 spiro atoms. The van der Waals surface area contributed by atoms with Crippen LogP contribution in [0.3, 0.4) is 0 Å². The molecule has 2 saturated heterocycles. The maximum absolute atomic E-state index is 13.1. The molecular formula is C18H30IN5O2S. The SMILES string of the molecule is CN=C(NCc1ccccc1S(=O)(=O)N1CCN(C)CC1)N1CCCC1.I. The number of hydrogen-bond acceptors (Lipinski definition) is 4. The first kappa shape index (κ1) is 22.4. The fourth-order valence-electron chi connectivity index (χ4n) is 3.50. The quantitative estimate of drug-likeness (QED) is 0.380. The van der Waals surface area contributed by atoms with Gasteiger partial charge in [-0.2, -0.15) is 4.31 Å². The van der Waals surface area contributed by atoms with E-state index in [-0.39, 0.29) is 24.0 Å². The summed E-state index contributed by atoms with van der Waals surface area (Å²) in [5.41, 5.74) is 0.784. The Kier molecular flexibility index (Phi) is 8.32. The van der Waals surface area contributed by atoms with Crippen LogP contribution in [0.25, 0.3) is 0 Å². The van der Waals surface area contributed by atoms with Gasteiger partial charge in [0.1, 0.15) is 0 Å². The number of guanidine groups is 1. The smallest absolute Gasteiger partial charge is 0.243 e. The second-order valence-electron chi connectivity index (χ2n) is 6.91. The zero-order chi connectivity index (χ0) is 18.6. The molecule has 0 aromatic heterocycles. The number of hydrogen-bond donors (Lipinski definition) is 1. The molecule has 0 atom stereocenters. The number of rotatable bonds is 4. The normalized spacial score (nSPS) is 19.8. The molecular weight excluding hydrogens is 477 g/mol. The molecule has 27 heavy (non-hydrogen) atoms. The van der Waals surface area contributed by atoms with Crippen molar-refractivity contribution in [2.45, 2.75) is 24.3 Å². The van der Waals surface area contributed by atoms with Gasteiger partial charge in [-0.1, -0.05) is 18.2 Å². The zero-order valence-corrected chi connectivity index (χ0v) is 19.2. The number of likely N-dealkylation sites (tertiary alicyclic amines) is 1. The third-order valence-electron chi connectivity index (χ3n) is 5.11. The van der Waals surface area contributed by atoms with Crippen LogP contribution in [0.2, 0.25) is 0 Å². The Bertz CT molecular complexity index is 742. The Morgan fingerprint density at radius 3 is 2.33 bits per heavy atom. The molecule has 9 heteroatoms. The van der Waals surface area contributed by atoms with Crippen LogP contribution in [0.5, 0.6) is 0 Å². The van der Waals surface area contributed by atoms with Crippen LogP contribution in [-0.4, -0.2) is 81.8 Å². The van der Waals surface area contributed by atoms with E-state index in [4.69, 9.17) is 0 Å². The molecule has 7 nitrogen and oxygen atoms in total. The molecule has 0 bridgehead atoms. The van der Waals surface area contributed by atoms with Crippen LogP contribution in [0.1, 0.15) is 18.4 Å². The molecule has 2 heterocycles. The van der Waals surface area contributed by atoms with Gasteiger partial charge in [0.05, 0.1) is 4.90 Å². The summed E-state index contributed by atoms with van der Waals surface area (Å²) in [5, 5.41) is 3.33. The summed E-state index contributed by atoms with van der Waals surface area (Å²) in [4.78, 5) is 9.11. The van der Waals surface area contributed by atoms with Gasteiger partial charge in [-0.3, -0.25) is 4.99 Å². The van der Waals surface area contributed by atoms with Crippen molar-refractivity contribution in [1.82, 2.24) is 19.4 Å². The van der Waals surface area contributed by atoms with E-state index >= 15 is 0 Å². The van der Waals surface area contributed by atoms with Gasteiger partial charge in [-0.05, 0) is 31.5 Å². The Morgan fingerprint density at radius 2 is 1.70 bits per heavy atom. The molecule has 0 radical (unpaired) electrons. The molecule has 2 fully saturated rings. The van der Waals surface area contributed by atoms with Crippen molar-refractivity contribution in [3.05, 3.63) is 29.8 Å². The lowest BCUT2D eigenvalue weighted by atomic mass is 10.2. The van der Waals surface area contributed by atoms with E-state index in [9.17, 15) is 8.42 Å². The first-order valence-corrected chi connectivity index (χ1v) is 10.7. The summed E-state index contributed by atoms with van der Waals surface area (Å²) in [7, 11) is 0.314. The Balaban J connectivity index is 0.00000261. The number of benzene rings is 1. The summed E-state index contributed by atoms with van der Waals surface area (Å²) in [6.07, 6.45) is 2.35. The first-order chi connectivity index (χ1) is 12.5. The largest absolute Gasteiger partial charge is 0.352 e. The third-order valence-corrected chi connectivity index (χ3v) is 7.11. The molecule has 3 rings (SSSR count). The number of sulfonamides is 1. The number of likely N-dealkylation sites (N-methyl/N-ethyl adjacent to an activating group) is 1. The van der Waals surface area contributed by atoms with Crippen LogP contribution >= 0.6 is 24.0 Å². The van der Waals surface area contributed by atoms with Crippen LogP contribution in [0.4, 0.5) is 0 Å². The second kappa shape index (κ2) is 10.0. The molecule has 1 N–H and O–H groups in total. The topological polar surface area (TPSA) is 68.2 Å². The van der Waals surface area contributed by atoms with Crippen LogP contribution in [0.15, 0.2) is 34.2 Å². The molecule has 0 aliphatic carbocycles. The monoisotopic (exact) mass is 507 g/mol. The van der Waals surface area contributed by atoms with E-state index in [1.807, 2.05) is 19.2 Å². The number of aliphatic imine (C=N–C) groups is 1. The number of nitrogens with zero attached hydrogens (tertiary/aromatic N) is 4. The summed E-state index contributed by atoms with van der Waals surface area (Å²) in [6, 6.07) is 7.27. The molecule has 1 aromatic rings. The summed E-state index contributed by atoms with van der Waals surface area (Å²) in [5.74, 6) is 0.842. The molecule has 2 aliphatic heterocycles. The predicted octanol–water partition coefficient (Wildman–Crippen LogP) is 1.41. The van der Waals surface area contributed by atoms with Gasteiger partial charge >= 0.3 is 0 Å².